The van der Waals surface area contributed by atoms with Gasteiger partial charge in [0, 0.05) is 12.1 Å². The van der Waals surface area contributed by atoms with Crippen molar-refractivity contribution in [2.75, 3.05) is 18.1 Å². The number of nitrogens with zero attached hydrogens (tertiary/aromatic N) is 3. The second-order valence-electron chi connectivity index (χ2n) is 7.96. The zero-order valence-electron chi connectivity index (χ0n) is 17.5. The number of carbonyl (C=O) groups is 1. The van der Waals surface area contributed by atoms with Gasteiger partial charge in [0.05, 0.1) is 39.9 Å². The molecule has 3 aromatic rings. The summed E-state index contributed by atoms with van der Waals surface area (Å²) in [6, 6.07) is 9.50. The maximum absolute atomic E-state index is 13.0. The molecule has 0 aliphatic carbocycles. The van der Waals surface area contributed by atoms with Gasteiger partial charge in [0.1, 0.15) is 0 Å². The predicted molar refractivity (Wildman–Crippen MR) is 117 cm³/mol. The highest BCUT2D eigenvalue weighted by atomic mass is 32.2. The Bertz CT molecular complexity index is 1210. The van der Waals surface area contributed by atoms with E-state index in [0.29, 0.717) is 41.0 Å². The molecule has 3 heterocycles. The first kappa shape index (κ1) is 20.5. The number of rotatable bonds is 5. The number of sulfone groups is 1. The Hall–Kier alpha value is -2.74. The van der Waals surface area contributed by atoms with Crippen LogP contribution in [-0.4, -0.2) is 47.1 Å². The van der Waals surface area contributed by atoms with E-state index in [0.717, 1.165) is 17.5 Å². The van der Waals surface area contributed by atoms with Gasteiger partial charge in [-0.3, -0.25) is 4.79 Å². The summed E-state index contributed by atoms with van der Waals surface area (Å²) in [6.45, 7) is 6.44. The van der Waals surface area contributed by atoms with Crippen LogP contribution in [-0.2, 0) is 9.84 Å². The third-order valence-electron chi connectivity index (χ3n) is 5.52. The Morgan fingerprint density at radius 2 is 1.97 bits per heavy atom. The minimum atomic E-state index is -3.08. The van der Waals surface area contributed by atoms with Gasteiger partial charge >= 0.3 is 0 Å². The lowest BCUT2D eigenvalue weighted by Crippen LogP contribution is -2.24. The fourth-order valence-electron chi connectivity index (χ4n) is 3.92. The van der Waals surface area contributed by atoms with Crippen molar-refractivity contribution in [1.29, 1.82) is 0 Å². The monoisotopic (exact) mass is 426 g/mol. The zero-order chi connectivity index (χ0) is 21.5. The van der Waals surface area contributed by atoms with E-state index in [2.05, 4.69) is 10.4 Å². The molecule has 0 radical (unpaired) electrons. The van der Waals surface area contributed by atoms with Crippen LogP contribution >= 0.6 is 0 Å². The molecule has 1 unspecified atom stereocenters. The molecular weight excluding hydrogens is 400 g/mol. The number of benzene rings is 1. The van der Waals surface area contributed by atoms with E-state index in [1.165, 1.54) is 0 Å². The molecule has 1 atom stereocenters. The van der Waals surface area contributed by atoms with Crippen LogP contribution in [0.2, 0.25) is 0 Å². The number of hydrogen-bond donors (Lipinski definition) is 1. The van der Waals surface area contributed by atoms with Gasteiger partial charge in [0.15, 0.2) is 15.5 Å². The molecule has 4 rings (SSSR count). The normalized spacial score (nSPS) is 18.0. The van der Waals surface area contributed by atoms with Crippen LogP contribution in [0.1, 0.15) is 47.4 Å². The Morgan fingerprint density at radius 3 is 2.60 bits per heavy atom. The van der Waals surface area contributed by atoms with E-state index in [4.69, 9.17) is 4.98 Å². The molecule has 30 heavy (non-hydrogen) atoms. The van der Waals surface area contributed by atoms with Gasteiger partial charge in [0.2, 0.25) is 0 Å². The molecule has 158 valence electrons. The molecule has 1 amide bonds. The van der Waals surface area contributed by atoms with E-state index >= 15 is 0 Å². The summed E-state index contributed by atoms with van der Waals surface area (Å²) < 4.78 is 25.8. The molecule has 7 nitrogen and oxygen atoms in total. The Kier molecular flexibility index (Phi) is 5.36. The second-order valence-corrected chi connectivity index (χ2v) is 10.2. The van der Waals surface area contributed by atoms with Gasteiger partial charge in [-0.2, -0.15) is 5.10 Å². The van der Waals surface area contributed by atoms with Crippen molar-refractivity contribution >= 4 is 26.8 Å². The number of aromatic nitrogens is 3. The van der Waals surface area contributed by atoms with Gasteiger partial charge in [0.25, 0.3) is 5.91 Å². The lowest BCUT2D eigenvalue weighted by Gasteiger charge is -2.12. The van der Waals surface area contributed by atoms with Gasteiger partial charge in [-0.15, -0.1) is 0 Å². The summed E-state index contributed by atoms with van der Waals surface area (Å²) in [4.78, 5) is 17.8. The molecule has 1 aliphatic rings. The molecule has 1 aliphatic heterocycles. The molecule has 8 heteroatoms. The number of hydrogen-bond acceptors (Lipinski definition) is 5. The molecule has 1 fully saturated rings. The van der Waals surface area contributed by atoms with Crippen LogP contribution in [0.25, 0.3) is 22.3 Å². The van der Waals surface area contributed by atoms with Crippen LogP contribution in [0.4, 0.5) is 0 Å². The first-order valence-electron chi connectivity index (χ1n) is 10.2. The summed E-state index contributed by atoms with van der Waals surface area (Å²) in [5.74, 6) is 0.0376. The first-order chi connectivity index (χ1) is 14.3. The number of fused-ring (bicyclic) bond motifs is 1. The largest absolute Gasteiger partial charge is 0.352 e. The predicted octanol–water partition coefficient (Wildman–Crippen LogP) is 3.21. The minimum absolute atomic E-state index is 0.0526. The van der Waals surface area contributed by atoms with Crippen LogP contribution in [0.15, 0.2) is 30.3 Å². The van der Waals surface area contributed by atoms with E-state index in [1.54, 1.807) is 4.68 Å². The summed E-state index contributed by atoms with van der Waals surface area (Å²) in [6.07, 6.45) is 1.34. The van der Waals surface area contributed by atoms with Crippen LogP contribution in [0, 0.1) is 13.8 Å². The van der Waals surface area contributed by atoms with Crippen molar-refractivity contribution in [2.45, 2.75) is 39.7 Å². The highest BCUT2D eigenvalue weighted by Gasteiger charge is 2.32. The van der Waals surface area contributed by atoms with Gasteiger partial charge in [-0.05, 0) is 32.8 Å². The van der Waals surface area contributed by atoms with E-state index < -0.39 is 9.84 Å². The summed E-state index contributed by atoms with van der Waals surface area (Å²) in [5.41, 5.74) is 4.47. The average Bonchev–Trinajstić information content (AvgIpc) is 3.25. The Balaban J connectivity index is 1.92. The summed E-state index contributed by atoms with van der Waals surface area (Å²) >= 11 is 0. The fraction of sp³-hybridized carbons (Fsp3) is 0.409. The zero-order valence-corrected chi connectivity index (χ0v) is 18.3. The number of aryl methyl sites for hydroxylation is 2. The Labute approximate surface area is 176 Å². The summed E-state index contributed by atoms with van der Waals surface area (Å²) in [5, 5.41) is 8.25. The molecule has 2 aromatic heterocycles. The first-order valence-corrected chi connectivity index (χ1v) is 12.1. The molecule has 0 saturated carbocycles. The number of carbonyl (C=O) groups excluding carboxylic acids is 1. The average molecular weight is 427 g/mol. The molecule has 0 bridgehead atoms. The second kappa shape index (κ2) is 7.83. The number of nitrogens with one attached hydrogen (secondary N) is 1. The van der Waals surface area contributed by atoms with Gasteiger partial charge in [-0.25, -0.2) is 18.1 Å². The fourth-order valence-corrected chi connectivity index (χ4v) is 5.61. The SMILES string of the molecule is CCCNC(=O)c1cc(-c2ccc(C)cc2)nc2c1c(C)nn2C1CCS(=O)(=O)C1. The van der Waals surface area contributed by atoms with Crippen molar-refractivity contribution < 1.29 is 13.2 Å². The topological polar surface area (TPSA) is 93.9 Å². The maximum atomic E-state index is 13.0. The molecular formula is C22H26N4O3S. The van der Waals surface area contributed by atoms with Crippen LogP contribution in [0.5, 0.6) is 0 Å². The van der Waals surface area contributed by atoms with Gasteiger partial charge < -0.3 is 5.32 Å². The van der Waals surface area contributed by atoms with Gasteiger partial charge in [-0.1, -0.05) is 36.8 Å². The highest BCUT2D eigenvalue weighted by Crippen LogP contribution is 2.32. The molecule has 1 saturated heterocycles. The smallest absolute Gasteiger partial charge is 0.252 e. The third kappa shape index (κ3) is 3.84. The van der Waals surface area contributed by atoms with Crippen LogP contribution < -0.4 is 5.32 Å². The van der Waals surface area contributed by atoms with Crippen molar-refractivity contribution in [3.05, 3.63) is 47.2 Å². The van der Waals surface area contributed by atoms with E-state index in [9.17, 15) is 13.2 Å². The Morgan fingerprint density at radius 1 is 1.23 bits per heavy atom. The van der Waals surface area contributed by atoms with Crippen molar-refractivity contribution in [3.8, 4) is 11.3 Å². The number of pyridine rings is 1. The van der Waals surface area contributed by atoms with E-state index in [-0.39, 0.29) is 23.5 Å². The minimum Gasteiger partial charge on any atom is -0.352 e. The third-order valence-corrected chi connectivity index (χ3v) is 7.27. The summed E-state index contributed by atoms with van der Waals surface area (Å²) in [7, 11) is -3.08. The van der Waals surface area contributed by atoms with Crippen molar-refractivity contribution in [3.63, 3.8) is 0 Å². The number of amides is 1. The molecule has 1 N–H and O–H groups in total. The lowest BCUT2D eigenvalue weighted by atomic mass is 10.0. The lowest BCUT2D eigenvalue weighted by molar-refractivity contribution is 0.0955. The van der Waals surface area contributed by atoms with Crippen molar-refractivity contribution in [2.24, 2.45) is 0 Å². The molecule has 1 aromatic carbocycles. The van der Waals surface area contributed by atoms with Crippen LogP contribution in [0.3, 0.4) is 0 Å². The van der Waals surface area contributed by atoms with E-state index in [1.807, 2.05) is 51.1 Å². The highest BCUT2D eigenvalue weighted by molar-refractivity contribution is 7.91. The maximum Gasteiger partial charge on any atom is 0.252 e. The van der Waals surface area contributed by atoms with Crippen molar-refractivity contribution in [1.82, 2.24) is 20.1 Å². The quantitative estimate of drug-likeness (QED) is 0.676. The molecule has 0 spiro atoms. The standard InChI is InChI=1S/C22H26N4O3S/c1-4-10-23-22(27)18-12-19(16-7-5-14(2)6-8-16)24-21-20(18)15(3)25-26(21)17-9-11-30(28,29)13-17/h5-8,12,17H,4,9-11,13H2,1-3H3,(H,23,27).